The first-order valence-corrected chi connectivity index (χ1v) is 8.43. The highest BCUT2D eigenvalue weighted by atomic mass is 16.5. The molecule has 0 heterocycles. The summed E-state index contributed by atoms with van der Waals surface area (Å²) >= 11 is 0. The summed E-state index contributed by atoms with van der Waals surface area (Å²) in [5.41, 5.74) is 0.773. The van der Waals surface area contributed by atoms with Gasteiger partial charge in [-0.25, -0.2) is 0 Å². The van der Waals surface area contributed by atoms with Crippen LogP contribution >= 0.6 is 0 Å². The zero-order valence-corrected chi connectivity index (χ0v) is 14.8. The van der Waals surface area contributed by atoms with Gasteiger partial charge in [-0.15, -0.1) is 0 Å². The number of benzene rings is 1. The van der Waals surface area contributed by atoms with Gasteiger partial charge in [-0.2, -0.15) is 0 Å². The summed E-state index contributed by atoms with van der Waals surface area (Å²) in [6.45, 7) is 7.16. The quantitative estimate of drug-likeness (QED) is 0.651. The molecule has 0 fully saturated rings. The average Bonchev–Trinajstić information content (AvgIpc) is 2.48. The molecule has 1 rings (SSSR count). The Labute approximate surface area is 139 Å². The molecule has 4 nitrogen and oxygen atoms in total. The first-order chi connectivity index (χ1) is 10.9. The van der Waals surface area contributed by atoms with E-state index in [9.17, 15) is 9.90 Å². The number of carbonyl (C=O) groups excluding carboxylic acids is 1. The van der Waals surface area contributed by atoms with E-state index in [4.69, 9.17) is 9.47 Å². The maximum absolute atomic E-state index is 11.9. The molecule has 0 amide bonds. The molecule has 130 valence electrons. The number of esters is 1. The van der Waals surface area contributed by atoms with Crippen molar-refractivity contribution >= 4 is 5.97 Å². The van der Waals surface area contributed by atoms with Crippen molar-refractivity contribution < 1.29 is 19.4 Å². The van der Waals surface area contributed by atoms with E-state index in [2.05, 4.69) is 20.8 Å². The monoisotopic (exact) mass is 322 g/mol. The van der Waals surface area contributed by atoms with E-state index in [1.54, 1.807) is 12.1 Å². The van der Waals surface area contributed by atoms with Crippen molar-refractivity contribution in [3.05, 3.63) is 23.8 Å². The van der Waals surface area contributed by atoms with Crippen molar-refractivity contribution in [3.8, 4) is 11.5 Å². The van der Waals surface area contributed by atoms with E-state index in [0.717, 1.165) is 17.9 Å². The van der Waals surface area contributed by atoms with Crippen molar-refractivity contribution in [2.24, 2.45) is 11.8 Å². The second-order valence-corrected chi connectivity index (χ2v) is 6.62. The molecule has 1 aromatic rings. The van der Waals surface area contributed by atoms with Gasteiger partial charge in [0.2, 0.25) is 0 Å². The molecule has 0 radical (unpaired) electrons. The number of aromatic hydroxyl groups is 1. The normalized spacial score (nSPS) is 12.2. The van der Waals surface area contributed by atoms with Gasteiger partial charge in [-0.3, -0.25) is 4.79 Å². The van der Waals surface area contributed by atoms with Gasteiger partial charge in [0.05, 0.1) is 20.1 Å². The lowest BCUT2D eigenvalue weighted by Crippen LogP contribution is -2.11. The summed E-state index contributed by atoms with van der Waals surface area (Å²) in [7, 11) is 1.48. The van der Waals surface area contributed by atoms with Crippen molar-refractivity contribution in [2.75, 3.05) is 13.7 Å². The van der Waals surface area contributed by atoms with E-state index in [-0.39, 0.29) is 18.1 Å². The van der Waals surface area contributed by atoms with E-state index in [1.165, 1.54) is 32.4 Å². The number of hydrogen-bond donors (Lipinski definition) is 1. The van der Waals surface area contributed by atoms with Gasteiger partial charge in [0.25, 0.3) is 0 Å². The molecule has 0 bridgehead atoms. The van der Waals surface area contributed by atoms with Crippen molar-refractivity contribution in [2.45, 2.75) is 52.9 Å². The zero-order chi connectivity index (χ0) is 17.2. The van der Waals surface area contributed by atoms with Crippen LogP contribution in [0.25, 0.3) is 0 Å². The van der Waals surface area contributed by atoms with E-state index in [1.807, 2.05) is 0 Å². The lowest BCUT2D eigenvalue weighted by atomic mass is 9.98. The maximum atomic E-state index is 11.9. The molecule has 0 aromatic heterocycles. The summed E-state index contributed by atoms with van der Waals surface area (Å²) in [6.07, 6.45) is 4.78. The standard InChI is InChI=1S/C19H30O4/c1-14(2)6-5-7-15(3)10-11-23-19(21)13-16-8-9-17(20)18(12-16)22-4/h8-9,12,14-15,20H,5-7,10-11,13H2,1-4H3. The summed E-state index contributed by atoms with van der Waals surface area (Å²) in [6, 6.07) is 4.89. The topological polar surface area (TPSA) is 55.8 Å². The van der Waals surface area contributed by atoms with Gasteiger partial charge in [-0.1, -0.05) is 46.1 Å². The van der Waals surface area contributed by atoms with Gasteiger partial charge in [-0.05, 0) is 36.0 Å². The first-order valence-electron chi connectivity index (χ1n) is 8.43. The molecule has 0 saturated carbocycles. The molecule has 1 atom stereocenters. The second kappa shape index (κ2) is 10.1. The van der Waals surface area contributed by atoms with Crippen LogP contribution in [0.1, 0.15) is 52.0 Å². The average molecular weight is 322 g/mol. The largest absolute Gasteiger partial charge is 0.504 e. The molecule has 0 saturated heterocycles. The Morgan fingerprint density at radius 3 is 2.57 bits per heavy atom. The predicted molar refractivity (Wildman–Crippen MR) is 91.8 cm³/mol. The summed E-state index contributed by atoms with van der Waals surface area (Å²) in [4.78, 5) is 11.9. The highest BCUT2D eigenvalue weighted by Crippen LogP contribution is 2.26. The van der Waals surface area contributed by atoms with Crippen LogP contribution in [0.4, 0.5) is 0 Å². The van der Waals surface area contributed by atoms with Crippen LogP contribution in [0.5, 0.6) is 11.5 Å². The van der Waals surface area contributed by atoms with Gasteiger partial charge in [0.1, 0.15) is 0 Å². The Balaban J connectivity index is 2.26. The molecule has 1 aromatic carbocycles. The lowest BCUT2D eigenvalue weighted by Gasteiger charge is -2.12. The summed E-state index contributed by atoms with van der Waals surface area (Å²) in [5, 5.41) is 9.54. The Hall–Kier alpha value is -1.71. The Kier molecular flexibility index (Phi) is 8.52. The fraction of sp³-hybridized carbons (Fsp3) is 0.632. The van der Waals surface area contributed by atoms with Gasteiger partial charge in [0, 0.05) is 0 Å². The third kappa shape index (κ3) is 7.91. The molecule has 0 spiro atoms. The van der Waals surface area contributed by atoms with E-state index >= 15 is 0 Å². The lowest BCUT2D eigenvalue weighted by molar-refractivity contribution is -0.143. The minimum Gasteiger partial charge on any atom is -0.504 e. The fourth-order valence-corrected chi connectivity index (χ4v) is 2.44. The van der Waals surface area contributed by atoms with Gasteiger partial charge < -0.3 is 14.6 Å². The van der Waals surface area contributed by atoms with E-state index < -0.39 is 0 Å². The summed E-state index contributed by atoms with van der Waals surface area (Å²) in [5.74, 6) is 1.53. The van der Waals surface area contributed by atoms with Crippen LogP contribution in [0, 0.1) is 11.8 Å². The van der Waals surface area contributed by atoms with Crippen LogP contribution in [-0.2, 0) is 16.0 Å². The highest BCUT2D eigenvalue weighted by molar-refractivity contribution is 5.72. The number of carbonyl (C=O) groups is 1. The SMILES string of the molecule is COc1cc(CC(=O)OCCC(C)CCCC(C)C)ccc1O. The maximum Gasteiger partial charge on any atom is 0.310 e. The summed E-state index contributed by atoms with van der Waals surface area (Å²) < 4.78 is 10.3. The molecule has 23 heavy (non-hydrogen) atoms. The van der Waals surface area contributed by atoms with E-state index in [0.29, 0.717) is 18.3 Å². The molecular weight excluding hydrogens is 292 g/mol. The second-order valence-electron chi connectivity index (χ2n) is 6.62. The van der Waals surface area contributed by atoms with Crippen molar-refractivity contribution in [1.29, 1.82) is 0 Å². The minimum atomic E-state index is -0.243. The number of ether oxygens (including phenoxy) is 2. The fourth-order valence-electron chi connectivity index (χ4n) is 2.44. The number of hydrogen-bond acceptors (Lipinski definition) is 4. The van der Waals surface area contributed by atoms with Crippen LogP contribution in [0.2, 0.25) is 0 Å². The van der Waals surface area contributed by atoms with Crippen LogP contribution in [0.15, 0.2) is 18.2 Å². The highest BCUT2D eigenvalue weighted by Gasteiger charge is 2.10. The van der Waals surface area contributed by atoms with Gasteiger partial charge >= 0.3 is 5.97 Å². The molecule has 1 unspecified atom stereocenters. The third-order valence-corrected chi connectivity index (χ3v) is 3.94. The Morgan fingerprint density at radius 2 is 1.91 bits per heavy atom. The minimum absolute atomic E-state index is 0.0693. The molecule has 4 heteroatoms. The van der Waals surface area contributed by atoms with Crippen molar-refractivity contribution in [1.82, 2.24) is 0 Å². The Morgan fingerprint density at radius 1 is 1.17 bits per heavy atom. The van der Waals surface area contributed by atoms with Crippen LogP contribution < -0.4 is 4.74 Å². The van der Waals surface area contributed by atoms with Gasteiger partial charge in [0.15, 0.2) is 11.5 Å². The number of phenols is 1. The van der Waals surface area contributed by atoms with Crippen LogP contribution in [-0.4, -0.2) is 24.8 Å². The van der Waals surface area contributed by atoms with Crippen molar-refractivity contribution in [3.63, 3.8) is 0 Å². The molecular formula is C19H30O4. The predicted octanol–water partition coefficient (Wildman–Crippen LogP) is 4.34. The smallest absolute Gasteiger partial charge is 0.310 e. The molecule has 0 aliphatic carbocycles. The van der Waals surface area contributed by atoms with Crippen LogP contribution in [0.3, 0.4) is 0 Å². The number of phenolic OH excluding ortho intramolecular Hbond substituents is 1. The first kappa shape index (κ1) is 19.3. The Bertz CT molecular complexity index is 482. The number of rotatable bonds is 10. The molecule has 0 aliphatic heterocycles. The molecule has 0 aliphatic rings. The third-order valence-electron chi connectivity index (χ3n) is 3.94. The molecule has 1 N–H and O–H groups in total. The zero-order valence-electron chi connectivity index (χ0n) is 14.8. The number of methoxy groups -OCH3 is 1.